The maximum Gasteiger partial charge on any atom is 0.335 e. The zero-order chi connectivity index (χ0) is 24.7. The van der Waals surface area contributed by atoms with Crippen molar-refractivity contribution in [3.63, 3.8) is 0 Å². The first-order chi connectivity index (χ1) is 16.0. The SMILES string of the molecule is O=C(O)c1ccc(S(=O)(=O)N2CCCc3ccc(NS(=O)(=O)c4ccc(F)cc4F)cc32)cc1. The molecule has 8 nitrogen and oxygen atoms in total. The summed E-state index contributed by atoms with van der Waals surface area (Å²) >= 11 is 0. The molecule has 4 rings (SSSR count). The number of rotatable bonds is 6. The fourth-order valence-corrected chi connectivity index (χ4v) is 6.30. The van der Waals surface area contributed by atoms with Gasteiger partial charge < -0.3 is 5.11 Å². The second-order valence-electron chi connectivity index (χ2n) is 7.53. The number of benzene rings is 3. The van der Waals surface area contributed by atoms with E-state index in [1.54, 1.807) is 6.07 Å². The molecule has 0 atom stereocenters. The molecule has 0 saturated heterocycles. The van der Waals surface area contributed by atoms with E-state index in [-0.39, 0.29) is 28.4 Å². The maximum atomic E-state index is 14.0. The molecular formula is C22H18F2N2O6S2. The number of nitrogens with zero attached hydrogens (tertiary/aromatic N) is 1. The lowest BCUT2D eigenvalue weighted by molar-refractivity contribution is 0.0696. The average Bonchev–Trinajstić information content (AvgIpc) is 2.78. The van der Waals surface area contributed by atoms with Crippen LogP contribution in [0.1, 0.15) is 22.3 Å². The molecular weight excluding hydrogens is 490 g/mol. The van der Waals surface area contributed by atoms with Crippen molar-refractivity contribution >= 4 is 37.4 Å². The Balaban J connectivity index is 1.69. The van der Waals surface area contributed by atoms with Gasteiger partial charge in [-0.05, 0) is 66.9 Å². The van der Waals surface area contributed by atoms with Crippen molar-refractivity contribution < 1.29 is 35.5 Å². The number of hydrogen-bond acceptors (Lipinski definition) is 5. The van der Waals surface area contributed by atoms with Crippen molar-refractivity contribution in [1.82, 2.24) is 0 Å². The van der Waals surface area contributed by atoms with E-state index in [1.165, 1.54) is 36.4 Å². The Morgan fingerprint density at radius 3 is 2.29 bits per heavy atom. The molecule has 0 aromatic heterocycles. The van der Waals surface area contributed by atoms with Gasteiger partial charge in [-0.15, -0.1) is 0 Å². The summed E-state index contributed by atoms with van der Waals surface area (Å²) in [7, 11) is -8.50. The lowest BCUT2D eigenvalue weighted by atomic mass is 10.0. The second-order valence-corrected chi connectivity index (χ2v) is 11.0. The van der Waals surface area contributed by atoms with E-state index in [1.807, 2.05) is 0 Å². The highest BCUT2D eigenvalue weighted by molar-refractivity contribution is 7.93. The molecule has 1 aliphatic heterocycles. The largest absolute Gasteiger partial charge is 0.478 e. The Kier molecular flexibility index (Phi) is 6.04. The average molecular weight is 509 g/mol. The van der Waals surface area contributed by atoms with Crippen LogP contribution in [0.5, 0.6) is 0 Å². The summed E-state index contributed by atoms with van der Waals surface area (Å²) in [6, 6.07) is 11.1. The first-order valence-electron chi connectivity index (χ1n) is 9.96. The minimum Gasteiger partial charge on any atom is -0.478 e. The predicted molar refractivity (Wildman–Crippen MR) is 120 cm³/mol. The Morgan fingerprint density at radius 2 is 1.65 bits per heavy atom. The van der Waals surface area contributed by atoms with Crippen molar-refractivity contribution in [2.24, 2.45) is 0 Å². The van der Waals surface area contributed by atoms with Crippen molar-refractivity contribution in [2.45, 2.75) is 22.6 Å². The molecule has 0 unspecified atom stereocenters. The molecule has 0 radical (unpaired) electrons. The van der Waals surface area contributed by atoms with Crippen molar-refractivity contribution in [2.75, 3.05) is 15.6 Å². The van der Waals surface area contributed by atoms with E-state index in [2.05, 4.69) is 4.72 Å². The predicted octanol–water partition coefficient (Wildman–Crippen LogP) is 3.61. The summed E-state index contributed by atoms with van der Waals surface area (Å²) in [5.74, 6) is -3.39. The molecule has 0 spiro atoms. The molecule has 0 saturated carbocycles. The smallest absolute Gasteiger partial charge is 0.335 e. The molecule has 0 bridgehead atoms. The van der Waals surface area contributed by atoms with Crippen molar-refractivity contribution in [3.05, 3.63) is 83.4 Å². The van der Waals surface area contributed by atoms with Crippen molar-refractivity contribution in [1.29, 1.82) is 0 Å². The van der Waals surface area contributed by atoms with Gasteiger partial charge in [0.25, 0.3) is 20.0 Å². The highest BCUT2D eigenvalue weighted by Gasteiger charge is 2.30. The molecule has 1 heterocycles. The Bertz CT molecular complexity index is 1490. The fourth-order valence-electron chi connectivity index (χ4n) is 3.65. The van der Waals surface area contributed by atoms with E-state index < -0.39 is 42.5 Å². The lowest BCUT2D eigenvalue weighted by Crippen LogP contribution is -2.35. The minimum absolute atomic E-state index is 0.00852. The first kappa shape index (κ1) is 23.6. The zero-order valence-corrected chi connectivity index (χ0v) is 19.0. The Labute approximate surface area is 194 Å². The van der Waals surface area contributed by atoms with Crippen LogP contribution in [-0.2, 0) is 26.5 Å². The van der Waals surface area contributed by atoms with Crippen LogP contribution in [0.2, 0.25) is 0 Å². The van der Waals surface area contributed by atoms with Crippen LogP contribution in [-0.4, -0.2) is 34.5 Å². The van der Waals surface area contributed by atoms with Crippen LogP contribution < -0.4 is 9.03 Å². The van der Waals surface area contributed by atoms with E-state index >= 15 is 0 Å². The number of aryl methyl sites for hydroxylation is 1. The second kappa shape index (κ2) is 8.69. The van der Waals surface area contributed by atoms with Gasteiger partial charge in [0.2, 0.25) is 0 Å². The third-order valence-corrected chi connectivity index (χ3v) is 8.53. The molecule has 178 valence electrons. The maximum absolute atomic E-state index is 14.0. The number of nitrogens with one attached hydrogen (secondary N) is 1. The van der Waals surface area contributed by atoms with E-state index in [0.29, 0.717) is 24.5 Å². The summed E-state index contributed by atoms with van der Waals surface area (Å²) < 4.78 is 82.3. The Hall–Kier alpha value is -3.51. The number of sulfonamides is 2. The van der Waals surface area contributed by atoms with Gasteiger partial charge in [0.05, 0.1) is 21.8 Å². The normalized spacial score (nSPS) is 13.9. The van der Waals surface area contributed by atoms with Gasteiger partial charge in [-0.2, -0.15) is 0 Å². The summed E-state index contributed by atoms with van der Waals surface area (Å²) in [6.45, 7) is 0.124. The van der Waals surface area contributed by atoms with E-state index in [0.717, 1.165) is 16.4 Å². The molecule has 34 heavy (non-hydrogen) atoms. The monoisotopic (exact) mass is 508 g/mol. The van der Waals surface area contributed by atoms with Gasteiger partial charge in [0, 0.05) is 12.6 Å². The van der Waals surface area contributed by atoms with Gasteiger partial charge in [0.15, 0.2) is 0 Å². The van der Waals surface area contributed by atoms with E-state index in [9.17, 15) is 30.4 Å². The number of halogens is 2. The minimum atomic E-state index is -4.42. The third-order valence-electron chi connectivity index (χ3n) is 5.29. The number of carboxylic acids is 1. The number of carbonyl (C=O) groups is 1. The summed E-state index contributed by atoms with van der Waals surface area (Å²) in [5.41, 5.74) is 0.828. The molecule has 1 aliphatic rings. The summed E-state index contributed by atoms with van der Waals surface area (Å²) in [4.78, 5) is 10.2. The zero-order valence-electron chi connectivity index (χ0n) is 17.4. The number of carboxylic acid groups (broad SMARTS) is 1. The van der Waals surface area contributed by atoms with Crippen LogP contribution in [0.3, 0.4) is 0 Å². The Morgan fingerprint density at radius 1 is 0.941 bits per heavy atom. The van der Waals surface area contributed by atoms with Gasteiger partial charge in [-0.3, -0.25) is 9.03 Å². The van der Waals surface area contributed by atoms with Crippen LogP contribution in [0.4, 0.5) is 20.2 Å². The summed E-state index contributed by atoms with van der Waals surface area (Å²) in [5, 5.41) is 9.04. The van der Waals surface area contributed by atoms with Crippen LogP contribution in [0.15, 0.2) is 70.5 Å². The number of aromatic carboxylic acids is 1. The molecule has 12 heteroatoms. The quantitative estimate of drug-likeness (QED) is 0.525. The highest BCUT2D eigenvalue weighted by Crippen LogP contribution is 2.35. The number of hydrogen-bond donors (Lipinski definition) is 2. The summed E-state index contributed by atoms with van der Waals surface area (Å²) in [6.07, 6.45) is 1.07. The molecule has 3 aromatic rings. The fraction of sp³-hybridized carbons (Fsp3) is 0.136. The van der Waals surface area contributed by atoms with E-state index in [4.69, 9.17) is 5.11 Å². The van der Waals surface area contributed by atoms with Crippen LogP contribution >= 0.6 is 0 Å². The van der Waals surface area contributed by atoms with Crippen LogP contribution in [0, 0.1) is 11.6 Å². The molecule has 0 aliphatic carbocycles. The number of anilines is 2. The molecule has 0 amide bonds. The number of fused-ring (bicyclic) bond motifs is 1. The molecule has 3 aromatic carbocycles. The van der Waals surface area contributed by atoms with Gasteiger partial charge in [0.1, 0.15) is 16.5 Å². The van der Waals surface area contributed by atoms with Gasteiger partial charge >= 0.3 is 5.97 Å². The van der Waals surface area contributed by atoms with Gasteiger partial charge in [-0.25, -0.2) is 30.4 Å². The van der Waals surface area contributed by atoms with Crippen LogP contribution in [0.25, 0.3) is 0 Å². The lowest BCUT2D eigenvalue weighted by Gasteiger charge is -2.31. The first-order valence-corrected chi connectivity index (χ1v) is 12.9. The standard InChI is InChI=1S/C22H18F2N2O6S2/c23-16-6-10-21(19(24)12-16)33(29,30)25-17-7-3-14-2-1-11-26(20(14)13-17)34(31,32)18-8-4-15(5-9-18)22(27)28/h3-10,12-13,25H,1-2,11H2,(H,27,28). The van der Waals surface area contributed by atoms with Gasteiger partial charge in [-0.1, -0.05) is 6.07 Å². The topological polar surface area (TPSA) is 121 Å². The molecule has 0 fully saturated rings. The third kappa shape index (κ3) is 4.46. The molecule has 2 N–H and O–H groups in total. The highest BCUT2D eigenvalue weighted by atomic mass is 32.2. The van der Waals surface area contributed by atoms with Crippen molar-refractivity contribution in [3.8, 4) is 0 Å².